The third kappa shape index (κ3) is 5.10. The van der Waals surface area contributed by atoms with Crippen molar-refractivity contribution in [1.29, 1.82) is 0 Å². The molecule has 0 aliphatic carbocycles. The van der Waals surface area contributed by atoms with Crippen molar-refractivity contribution in [3.05, 3.63) is 51.2 Å². The van der Waals surface area contributed by atoms with Crippen molar-refractivity contribution in [3.63, 3.8) is 0 Å². The zero-order valence-corrected chi connectivity index (χ0v) is 13.7. The molecule has 0 aliphatic rings. The second-order valence-electron chi connectivity index (χ2n) is 4.76. The summed E-state index contributed by atoms with van der Waals surface area (Å²) in [5, 5.41) is 12.3. The highest BCUT2D eigenvalue weighted by Gasteiger charge is 2.12. The van der Waals surface area contributed by atoms with Crippen LogP contribution in [0.2, 0.25) is 5.02 Å². The van der Waals surface area contributed by atoms with Gasteiger partial charge in [0.25, 0.3) is 0 Å². The maximum Gasteiger partial charge on any atom is 0.163 e. The van der Waals surface area contributed by atoms with Crippen LogP contribution < -0.4 is 4.74 Å². The first-order chi connectivity index (χ1) is 10.6. The second kappa shape index (κ2) is 8.29. The Balaban J connectivity index is 1.80. The van der Waals surface area contributed by atoms with Gasteiger partial charge < -0.3 is 14.6 Å². The summed E-state index contributed by atoms with van der Waals surface area (Å²) in [4.78, 5) is 12.6. The molecular formula is C16H17ClO4S. The maximum absolute atomic E-state index is 11.5. The zero-order valence-electron chi connectivity index (χ0n) is 12.1. The fourth-order valence-corrected chi connectivity index (χ4v) is 2.64. The SMILES string of the molecule is CC(=O)c1cc(Cl)ccc1OCC(O)COCc1cccs1. The number of carbonyl (C=O) groups is 1. The van der Waals surface area contributed by atoms with Gasteiger partial charge in [0.2, 0.25) is 0 Å². The van der Waals surface area contributed by atoms with Gasteiger partial charge >= 0.3 is 0 Å². The molecule has 0 spiro atoms. The monoisotopic (exact) mass is 340 g/mol. The molecule has 0 radical (unpaired) electrons. The molecule has 0 fully saturated rings. The molecule has 1 unspecified atom stereocenters. The lowest BCUT2D eigenvalue weighted by Gasteiger charge is -2.14. The number of Topliss-reactive ketones (excluding diaryl/α,β-unsaturated/α-hetero) is 1. The third-order valence-corrected chi connectivity index (χ3v) is 3.97. The Hall–Kier alpha value is -1.40. The number of aliphatic hydroxyl groups is 1. The van der Waals surface area contributed by atoms with Crippen LogP contribution in [0.5, 0.6) is 5.75 Å². The van der Waals surface area contributed by atoms with Gasteiger partial charge in [-0.25, -0.2) is 0 Å². The molecule has 1 heterocycles. The predicted molar refractivity (Wildman–Crippen MR) is 86.9 cm³/mol. The first-order valence-corrected chi connectivity index (χ1v) is 8.03. The molecular weight excluding hydrogens is 324 g/mol. The van der Waals surface area contributed by atoms with Crippen molar-refractivity contribution in [3.8, 4) is 5.75 Å². The molecule has 2 aromatic rings. The van der Waals surface area contributed by atoms with Crippen LogP contribution in [0.1, 0.15) is 22.2 Å². The van der Waals surface area contributed by atoms with E-state index in [4.69, 9.17) is 21.1 Å². The number of thiophene rings is 1. The van der Waals surface area contributed by atoms with E-state index in [-0.39, 0.29) is 19.0 Å². The molecule has 0 bridgehead atoms. The van der Waals surface area contributed by atoms with Gasteiger partial charge in [0.1, 0.15) is 18.5 Å². The van der Waals surface area contributed by atoms with E-state index < -0.39 is 6.10 Å². The van der Waals surface area contributed by atoms with E-state index in [0.29, 0.717) is 22.9 Å². The van der Waals surface area contributed by atoms with Crippen molar-refractivity contribution in [1.82, 2.24) is 0 Å². The van der Waals surface area contributed by atoms with Crippen LogP contribution in [0, 0.1) is 0 Å². The number of hydrogen-bond acceptors (Lipinski definition) is 5. The van der Waals surface area contributed by atoms with E-state index in [1.807, 2.05) is 17.5 Å². The van der Waals surface area contributed by atoms with Crippen molar-refractivity contribution < 1.29 is 19.4 Å². The van der Waals surface area contributed by atoms with Crippen LogP contribution >= 0.6 is 22.9 Å². The Morgan fingerprint density at radius 1 is 1.36 bits per heavy atom. The Kier molecular flexibility index (Phi) is 6.39. The smallest absolute Gasteiger partial charge is 0.163 e. The molecule has 0 saturated heterocycles. The Morgan fingerprint density at radius 3 is 2.86 bits per heavy atom. The number of halogens is 1. The molecule has 1 aromatic carbocycles. The van der Waals surface area contributed by atoms with E-state index in [2.05, 4.69) is 0 Å². The van der Waals surface area contributed by atoms with Crippen LogP contribution in [0.4, 0.5) is 0 Å². The Labute approximate surface area is 138 Å². The number of benzene rings is 1. The molecule has 22 heavy (non-hydrogen) atoms. The quantitative estimate of drug-likeness (QED) is 0.746. The number of ether oxygens (including phenoxy) is 2. The summed E-state index contributed by atoms with van der Waals surface area (Å²) < 4.78 is 10.9. The normalized spacial score (nSPS) is 12.1. The number of ketones is 1. The van der Waals surface area contributed by atoms with Gasteiger partial charge in [-0.3, -0.25) is 4.79 Å². The summed E-state index contributed by atoms with van der Waals surface area (Å²) in [6.07, 6.45) is -0.768. The largest absolute Gasteiger partial charge is 0.490 e. The topological polar surface area (TPSA) is 55.8 Å². The van der Waals surface area contributed by atoms with Crippen LogP contribution in [0.3, 0.4) is 0 Å². The van der Waals surface area contributed by atoms with Crippen LogP contribution in [-0.2, 0) is 11.3 Å². The van der Waals surface area contributed by atoms with Gasteiger partial charge in [-0.1, -0.05) is 17.7 Å². The molecule has 6 heteroatoms. The van der Waals surface area contributed by atoms with Crippen LogP contribution in [0.25, 0.3) is 0 Å². The van der Waals surface area contributed by atoms with Crippen molar-refractivity contribution in [2.45, 2.75) is 19.6 Å². The molecule has 2 rings (SSSR count). The summed E-state index contributed by atoms with van der Waals surface area (Å²) >= 11 is 7.47. The van der Waals surface area contributed by atoms with Crippen LogP contribution in [-0.4, -0.2) is 30.2 Å². The summed E-state index contributed by atoms with van der Waals surface area (Å²) in [5.41, 5.74) is 0.402. The second-order valence-corrected chi connectivity index (χ2v) is 6.22. The highest BCUT2D eigenvalue weighted by Crippen LogP contribution is 2.23. The van der Waals surface area contributed by atoms with E-state index in [1.165, 1.54) is 6.92 Å². The lowest BCUT2D eigenvalue weighted by Crippen LogP contribution is -2.23. The minimum absolute atomic E-state index is 0.0480. The lowest BCUT2D eigenvalue weighted by molar-refractivity contribution is 0.00611. The molecule has 1 aromatic heterocycles. The summed E-state index contributed by atoms with van der Waals surface area (Å²) in [5.74, 6) is 0.273. The molecule has 118 valence electrons. The average Bonchev–Trinajstić information content (AvgIpc) is 2.99. The highest BCUT2D eigenvalue weighted by atomic mass is 35.5. The molecule has 0 saturated carbocycles. The first-order valence-electron chi connectivity index (χ1n) is 6.77. The lowest BCUT2D eigenvalue weighted by atomic mass is 10.1. The van der Waals surface area contributed by atoms with Gasteiger partial charge in [-0.15, -0.1) is 11.3 Å². The fourth-order valence-electron chi connectivity index (χ4n) is 1.83. The van der Waals surface area contributed by atoms with Gasteiger partial charge in [-0.2, -0.15) is 0 Å². The van der Waals surface area contributed by atoms with Crippen molar-refractivity contribution in [2.75, 3.05) is 13.2 Å². The van der Waals surface area contributed by atoms with Crippen molar-refractivity contribution in [2.24, 2.45) is 0 Å². The summed E-state index contributed by atoms with van der Waals surface area (Å²) in [6.45, 7) is 2.13. The molecule has 1 atom stereocenters. The number of rotatable bonds is 8. The van der Waals surface area contributed by atoms with E-state index in [0.717, 1.165) is 4.88 Å². The van der Waals surface area contributed by atoms with Gasteiger partial charge in [-0.05, 0) is 36.6 Å². The fraction of sp³-hybridized carbons (Fsp3) is 0.312. The molecule has 0 aliphatic heterocycles. The van der Waals surface area contributed by atoms with E-state index >= 15 is 0 Å². The molecule has 0 amide bonds. The van der Waals surface area contributed by atoms with Crippen LogP contribution in [0.15, 0.2) is 35.7 Å². The van der Waals surface area contributed by atoms with Gasteiger partial charge in [0.05, 0.1) is 18.8 Å². The Bertz CT molecular complexity index is 613. The standard InChI is InChI=1S/C16H17ClO4S/c1-11(18)15-7-12(17)4-5-16(15)21-9-13(19)8-20-10-14-3-2-6-22-14/h2-7,13,19H,8-10H2,1H3. The summed E-state index contributed by atoms with van der Waals surface area (Å²) in [7, 11) is 0. The molecule has 4 nitrogen and oxygen atoms in total. The number of aliphatic hydroxyl groups excluding tert-OH is 1. The highest BCUT2D eigenvalue weighted by molar-refractivity contribution is 7.09. The Morgan fingerprint density at radius 2 is 2.18 bits per heavy atom. The minimum atomic E-state index is -0.768. The maximum atomic E-state index is 11.5. The van der Waals surface area contributed by atoms with Crippen molar-refractivity contribution >= 4 is 28.7 Å². The predicted octanol–water partition coefficient (Wildman–Crippen LogP) is 3.56. The number of carbonyl (C=O) groups excluding carboxylic acids is 1. The average molecular weight is 341 g/mol. The first kappa shape index (κ1) is 17.0. The van der Waals surface area contributed by atoms with E-state index in [9.17, 15) is 9.90 Å². The summed E-state index contributed by atoms with van der Waals surface area (Å²) in [6, 6.07) is 8.74. The zero-order chi connectivity index (χ0) is 15.9. The molecule has 1 N–H and O–H groups in total. The van der Waals surface area contributed by atoms with Gasteiger partial charge in [0, 0.05) is 9.90 Å². The van der Waals surface area contributed by atoms with E-state index in [1.54, 1.807) is 29.5 Å². The third-order valence-electron chi connectivity index (χ3n) is 2.89. The minimum Gasteiger partial charge on any atom is -0.490 e. The van der Waals surface area contributed by atoms with Gasteiger partial charge in [0.15, 0.2) is 5.78 Å². The number of hydrogen-bond donors (Lipinski definition) is 1.